The van der Waals surface area contributed by atoms with E-state index in [4.69, 9.17) is 0 Å². The standard InChI is InChI=1S/C23H24N4O2/c1-3-26-20-11-10-19(13-21(20)27(4-2)23(26)29)24-15-18-12-17(14-25-22(18)28)16-8-6-5-7-9-16/h5-14,24H,3-4,15H2,1-2H3,(H,25,28). The maximum Gasteiger partial charge on any atom is 0.329 e. The van der Waals surface area contributed by atoms with E-state index >= 15 is 0 Å². The van der Waals surface area contributed by atoms with E-state index in [9.17, 15) is 9.59 Å². The van der Waals surface area contributed by atoms with Crippen molar-refractivity contribution in [1.82, 2.24) is 14.1 Å². The van der Waals surface area contributed by atoms with Crippen LogP contribution in [0.3, 0.4) is 0 Å². The van der Waals surface area contributed by atoms with Gasteiger partial charge in [0.2, 0.25) is 0 Å². The fourth-order valence-electron chi connectivity index (χ4n) is 3.70. The first-order valence-corrected chi connectivity index (χ1v) is 9.86. The Kier molecular flexibility index (Phi) is 5.08. The molecule has 2 N–H and O–H groups in total. The fraction of sp³-hybridized carbons (Fsp3) is 0.217. The third-order valence-corrected chi connectivity index (χ3v) is 5.22. The van der Waals surface area contributed by atoms with Crippen LogP contribution in [0.5, 0.6) is 0 Å². The minimum Gasteiger partial charge on any atom is -0.381 e. The second kappa shape index (κ2) is 7.83. The number of aromatic nitrogens is 3. The monoisotopic (exact) mass is 388 g/mol. The average molecular weight is 388 g/mol. The zero-order valence-corrected chi connectivity index (χ0v) is 16.6. The van der Waals surface area contributed by atoms with Crippen LogP contribution >= 0.6 is 0 Å². The first-order valence-electron chi connectivity index (χ1n) is 9.86. The molecule has 0 atom stereocenters. The number of benzene rings is 2. The van der Waals surface area contributed by atoms with E-state index in [0.717, 1.165) is 27.8 Å². The number of nitrogens with zero attached hydrogens (tertiary/aromatic N) is 2. The molecule has 6 nitrogen and oxygen atoms in total. The van der Waals surface area contributed by atoms with Gasteiger partial charge in [0, 0.05) is 37.1 Å². The molecule has 0 unspecified atom stereocenters. The van der Waals surface area contributed by atoms with Crippen molar-refractivity contribution in [2.75, 3.05) is 5.32 Å². The zero-order valence-electron chi connectivity index (χ0n) is 16.6. The van der Waals surface area contributed by atoms with Gasteiger partial charge in [-0.3, -0.25) is 13.9 Å². The van der Waals surface area contributed by atoms with E-state index in [2.05, 4.69) is 10.3 Å². The van der Waals surface area contributed by atoms with Gasteiger partial charge in [-0.2, -0.15) is 0 Å². The van der Waals surface area contributed by atoms with Crippen LogP contribution in [0.4, 0.5) is 5.69 Å². The lowest BCUT2D eigenvalue weighted by Crippen LogP contribution is -2.23. The van der Waals surface area contributed by atoms with Crippen molar-refractivity contribution in [2.24, 2.45) is 0 Å². The van der Waals surface area contributed by atoms with E-state index < -0.39 is 0 Å². The Morgan fingerprint density at radius 2 is 1.59 bits per heavy atom. The van der Waals surface area contributed by atoms with E-state index in [0.29, 0.717) is 25.2 Å². The Labute approximate surface area is 168 Å². The molecule has 0 saturated carbocycles. The highest BCUT2D eigenvalue weighted by molar-refractivity contribution is 5.80. The van der Waals surface area contributed by atoms with E-state index in [1.165, 1.54) is 0 Å². The summed E-state index contributed by atoms with van der Waals surface area (Å²) in [4.78, 5) is 27.6. The number of imidazole rings is 1. The second-order valence-electron chi connectivity index (χ2n) is 6.94. The van der Waals surface area contributed by atoms with Crippen LogP contribution in [0.2, 0.25) is 0 Å². The number of aromatic amines is 1. The Morgan fingerprint density at radius 1 is 0.862 bits per heavy atom. The minimum absolute atomic E-state index is 0.00848. The number of H-pyrrole nitrogens is 1. The van der Waals surface area contributed by atoms with E-state index in [-0.39, 0.29) is 11.2 Å². The highest BCUT2D eigenvalue weighted by Gasteiger charge is 2.11. The van der Waals surface area contributed by atoms with Crippen molar-refractivity contribution < 1.29 is 0 Å². The molecule has 0 spiro atoms. The summed E-state index contributed by atoms with van der Waals surface area (Å²) in [5.41, 5.74) is 5.28. The van der Waals surface area contributed by atoms with Gasteiger partial charge in [-0.1, -0.05) is 30.3 Å². The molecule has 6 heteroatoms. The third kappa shape index (κ3) is 3.49. The number of rotatable bonds is 6. The fourth-order valence-corrected chi connectivity index (χ4v) is 3.70. The summed E-state index contributed by atoms with van der Waals surface area (Å²) in [6, 6.07) is 17.7. The average Bonchev–Trinajstić information content (AvgIpc) is 3.03. The summed E-state index contributed by atoms with van der Waals surface area (Å²) in [5, 5.41) is 3.33. The highest BCUT2D eigenvalue weighted by atomic mass is 16.1. The van der Waals surface area contributed by atoms with Crippen LogP contribution in [0, 0.1) is 0 Å². The molecule has 0 fully saturated rings. The zero-order chi connectivity index (χ0) is 20.4. The molecule has 0 aliphatic heterocycles. The van der Waals surface area contributed by atoms with Gasteiger partial charge in [0.05, 0.1) is 11.0 Å². The lowest BCUT2D eigenvalue weighted by Gasteiger charge is -2.09. The number of hydrogen-bond donors (Lipinski definition) is 2. The highest BCUT2D eigenvalue weighted by Crippen LogP contribution is 2.21. The molecule has 4 aromatic rings. The molecule has 0 bridgehead atoms. The largest absolute Gasteiger partial charge is 0.381 e. The maximum absolute atomic E-state index is 12.5. The number of fused-ring (bicyclic) bond motifs is 1. The number of nitrogens with one attached hydrogen (secondary N) is 2. The Bertz CT molecular complexity index is 1270. The summed E-state index contributed by atoms with van der Waals surface area (Å²) >= 11 is 0. The predicted molar refractivity (Wildman–Crippen MR) is 117 cm³/mol. The molecule has 2 heterocycles. The summed E-state index contributed by atoms with van der Waals surface area (Å²) in [6.45, 7) is 5.59. The maximum atomic E-state index is 12.5. The predicted octanol–water partition coefficient (Wildman–Crippen LogP) is 3.81. The molecule has 0 aliphatic rings. The SMILES string of the molecule is CCn1c(=O)n(CC)c2cc(NCc3cc(-c4ccccc4)c[nH]c3=O)ccc21. The van der Waals surface area contributed by atoms with Gasteiger partial charge in [-0.25, -0.2) is 4.79 Å². The number of pyridine rings is 1. The molecular formula is C23H24N4O2. The van der Waals surface area contributed by atoms with Crippen molar-refractivity contribution >= 4 is 16.7 Å². The number of aryl methyl sites for hydroxylation is 2. The van der Waals surface area contributed by atoms with Crippen molar-refractivity contribution in [3.05, 3.63) is 87.2 Å². The van der Waals surface area contributed by atoms with Gasteiger partial charge in [-0.15, -0.1) is 0 Å². The number of hydrogen-bond acceptors (Lipinski definition) is 3. The Balaban J connectivity index is 1.63. The van der Waals surface area contributed by atoms with Gasteiger partial charge in [0.25, 0.3) is 5.56 Å². The van der Waals surface area contributed by atoms with Crippen LogP contribution < -0.4 is 16.6 Å². The number of anilines is 1. The molecule has 0 radical (unpaired) electrons. The van der Waals surface area contributed by atoms with Crippen LogP contribution in [-0.2, 0) is 19.6 Å². The second-order valence-corrected chi connectivity index (χ2v) is 6.94. The molecule has 2 aromatic heterocycles. The molecule has 2 aromatic carbocycles. The van der Waals surface area contributed by atoms with Crippen LogP contribution in [0.25, 0.3) is 22.2 Å². The normalized spacial score (nSPS) is 11.1. The van der Waals surface area contributed by atoms with Crippen molar-refractivity contribution in [3.8, 4) is 11.1 Å². The first kappa shape index (κ1) is 18.8. The Morgan fingerprint density at radius 3 is 2.31 bits per heavy atom. The molecule has 0 amide bonds. The molecule has 0 aliphatic carbocycles. The van der Waals surface area contributed by atoms with Crippen LogP contribution in [-0.4, -0.2) is 14.1 Å². The van der Waals surface area contributed by atoms with Gasteiger partial charge in [0.15, 0.2) is 0 Å². The van der Waals surface area contributed by atoms with Crippen molar-refractivity contribution in [1.29, 1.82) is 0 Å². The topological polar surface area (TPSA) is 71.8 Å². The molecule has 148 valence electrons. The smallest absolute Gasteiger partial charge is 0.329 e. The van der Waals surface area contributed by atoms with Gasteiger partial charge in [0.1, 0.15) is 0 Å². The quantitative estimate of drug-likeness (QED) is 0.528. The molecule has 0 saturated heterocycles. The summed E-state index contributed by atoms with van der Waals surface area (Å²) in [5.74, 6) is 0. The van der Waals surface area contributed by atoms with Crippen LogP contribution in [0.1, 0.15) is 19.4 Å². The van der Waals surface area contributed by atoms with E-state index in [1.54, 1.807) is 15.3 Å². The van der Waals surface area contributed by atoms with Gasteiger partial charge >= 0.3 is 5.69 Å². The molecule has 4 rings (SSSR count). The van der Waals surface area contributed by atoms with Crippen LogP contribution in [0.15, 0.2) is 70.4 Å². The van der Waals surface area contributed by atoms with Gasteiger partial charge < -0.3 is 10.3 Å². The van der Waals surface area contributed by atoms with Crippen molar-refractivity contribution in [2.45, 2.75) is 33.5 Å². The third-order valence-electron chi connectivity index (χ3n) is 5.22. The lowest BCUT2D eigenvalue weighted by molar-refractivity contribution is 0.671. The molecule has 29 heavy (non-hydrogen) atoms. The lowest BCUT2D eigenvalue weighted by atomic mass is 10.1. The molecular weight excluding hydrogens is 364 g/mol. The minimum atomic E-state index is -0.110. The summed E-state index contributed by atoms with van der Waals surface area (Å²) in [6.07, 6.45) is 1.74. The van der Waals surface area contributed by atoms with Gasteiger partial charge in [-0.05, 0) is 49.2 Å². The van der Waals surface area contributed by atoms with E-state index in [1.807, 2.05) is 68.4 Å². The summed E-state index contributed by atoms with van der Waals surface area (Å²) < 4.78 is 3.55. The van der Waals surface area contributed by atoms with Crippen molar-refractivity contribution in [3.63, 3.8) is 0 Å². The Hall–Kier alpha value is -3.54. The summed E-state index contributed by atoms with van der Waals surface area (Å²) in [7, 11) is 0. The first-order chi connectivity index (χ1) is 14.1.